The van der Waals surface area contributed by atoms with Crippen LogP contribution in [-0.4, -0.2) is 41.3 Å². The third-order valence-corrected chi connectivity index (χ3v) is 2.01. The Balaban J connectivity index is 4.52. The van der Waals surface area contributed by atoms with E-state index in [1.54, 1.807) is 27.7 Å². The van der Waals surface area contributed by atoms with E-state index in [2.05, 4.69) is 10.6 Å². The second-order valence-corrected chi connectivity index (χ2v) is 5.03. The lowest BCUT2D eigenvalue weighted by Crippen LogP contribution is -2.48. The quantitative estimate of drug-likeness (QED) is 0.667. The third kappa shape index (κ3) is 8.87. The summed E-state index contributed by atoms with van der Waals surface area (Å²) in [6.07, 6.45) is -0.938. The molecule has 0 fully saturated rings. The maximum atomic E-state index is 11.7. The van der Waals surface area contributed by atoms with E-state index in [1.807, 2.05) is 0 Å². The number of nitrogens with one attached hydrogen (secondary N) is 2. The van der Waals surface area contributed by atoms with Crippen molar-refractivity contribution < 1.29 is 24.2 Å². The van der Waals surface area contributed by atoms with Crippen molar-refractivity contribution in [3.63, 3.8) is 0 Å². The lowest BCUT2D eigenvalue weighted by Gasteiger charge is -2.23. The summed E-state index contributed by atoms with van der Waals surface area (Å²) in [7, 11) is 0. The van der Waals surface area contributed by atoms with Crippen LogP contribution in [0.4, 0.5) is 4.79 Å². The number of carbonyl (C=O) groups excluding carboxylic acids is 2. The Kier molecular flexibility index (Phi) is 6.89. The minimum Gasteiger partial charge on any atom is -0.481 e. The molecule has 0 bridgehead atoms. The Morgan fingerprint density at radius 3 is 2.26 bits per heavy atom. The minimum atomic E-state index is -1.03. The van der Waals surface area contributed by atoms with Crippen molar-refractivity contribution in [3.05, 3.63) is 0 Å². The van der Waals surface area contributed by atoms with E-state index in [0.717, 1.165) is 0 Å². The van der Waals surface area contributed by atoms with Crippen LogP contribution in [0.5, 0.6) is 0 Å². The van der Waals surface area contributed by atoms with Gasteiger partial charge in [-0.25, -0.2) is 4.79 Å². The molecule has 7 nitrogen and oxygen atoms in total. The van der Waals surface area contributed by atoms with Gasteiger partial charge in [-0.1, -0.05) is 0 Å². The summed E-state index contributed by atoms with van der Waals surface area (Å²) in [5, 5.41) is 13.5. The number of carboxylic acid groups (broad SMARTS) is 1. The Hall–Kier alpha value is -1.79. The number of ether oxygens (including phenoxy) is 1. The number of aliphatic carboxylic acids is 1. The SMILES string of the molecule is CCNC(=O)C(CCC(=O)O)NC(=O)OC(C)(C)C. The molecule has 0 aromatic rings. The van der Waals surface area contributed by atoms with E-state index < -0.39 is 29.6 Å². The highest BCUT2D eigenvalue weighted by Crippen LogP contribution is 2.07. The first-order valence-corrected chi connectivity index (χ1v) is 6.14. The first-order valence-electron chi connectivity index (χ1n) is 6.14. The van der Waals surface area contributed by atoms with Gasteiger partial charge in [0.05, 0.1) is 0 Å². The molecule has 0 aliphatic rings. The molecule has 7 heteroatoms. The number of amides is 2. The number of carbonyl (C=O) groups is 3. The number of hydrogen-bond acceptors (Lipinski definition) is 4. The topological polar surface area (TPSA) is 105 Å². The van der Waals surface area contributed by atoms with Crippen LogP contribution in [0.1, 0.15) is 40.5 Å². The van der Waals surface area contributed by atoms with E-state index in [0.29, 0.717) is 6.54 Å². The Labute approximate surface area is 112 Å². The summed E-state index contributed by atoms with van der Waals surface area (Å²) in [4.78, 5) is 33.8. The lowest BCUT2D eigenvalue weighted by atomic mass is 10.1. The number of rotatable bonds is 6. The normalized spacial score (nSPS) is 12.4. The van der Waals surface area contributed by atoms with Gasteiger partial charge in [-0.05, 0) is 34.1 Å². The maximum Gasteiger partial charge on any atom is 0.408 e. The fraction of sp³-hybridized carbons (Fsp3) is 0.750. The molecule has 110 valence electrons. The van der Waals surface area contributed by atoms with Gasteiger partial charge in [0.15, 0.2) is 0 Å². The molecule has 0 heterocycles. The number of alkyl carbamates (subject to hydrolysis) is 1. The monoisotopic (exact) mass is 274 g/mol. The predicted molar refractivity (Wildman–Crippen MR) is 68.7 cm³/mol. The van der Waals surface area contributed by atoms with Crippen LogP contribution < -0.4 is 10.6 Å². The highest BCUT2D eigenvalue weighted by molar-refractivity contribution is 5.86. The standard InChI is InChI=1S/C12H22N2O5/c1-5-13-10(17)8(6-7-9(15)16)14-11(18)19-12(2,3)4/h8H,5-7H2,1-4H3,(H,13,17)(H,14,18)(H,15,16). The highest BCUT2D eigenvalue weighted by atomic mass is 16.6. The largest absolute Gasteiger partial charge is 0.481 e. The van der Waals surface area contributed by atoms with Gasteiger partial charge in [-0.15, -0.1) is 0 Å². The molecule has 1 atom stereocenters. The fourth-order valence-corrected chi connectivity index (χ4v) is 1.28. The maximum absolute atomic E-state index is 11.7. The van der Waals surface area contributed by atoms with Gasteiger partial charge in [0.2, 0.25) is 5.91 Å². The van der Waals surface area contributed by atoms with E-state index in [9.17, 15) is 14.4 Å². The van der Waals surface area contributed by atoms with Crippen LogP contribution in [0.3, 0.4) is 0 Å². The molecule has 0 radical (unpaired) electrons. The van der Waals surface area contributed by atoms with Gasteiger partial charge in [0.25, 0.3) is 0 Å². The molecule has 0 aromatic carbocycles. The van der Waals surface area contributed by atoms with Crippen molar-refractivity contribution in [2.75, 3.05) is 6.54 Å². The molecule has 0 saturated heterocycles. The van der Waals surface area contributed by atoms with Gasteiger partial charge in [0, 0.05) is 13.0 Å². The van der Waals surface area contributed by atoms with Crippen LogP contribution >= 0.6 is 0 Å². The van der Waals surface area contributed by atoms with Crippen molar-refractivity contribution in [1.82, 2.24) is 10.6 Å². The zero-order valence-electron chi connectivity index (χ0n) is 11.8. The summed E-state index contributed by atoms with van der Waals surface area (Å²) in [5.41, 5.74) is -0.678. The van der Waals surface area contributed by atoms with Crippen LogP contribution in [-0.2, 0) is 14.3 Å². The van der Waals surface area contributed by atoms with Crippen molar-refractivity contribution in [2.45, 2.75) is 52.2 Å². The molecule has 0 aromatic heterocycles. The minimum absolute atomic E-state index is 0.0143. The first kappa shape index (κ1) is 17.2. The average molecular weight is 274 g/mol. The average Bonchev–Trinajstić information content (AvgIpc) is 2.21. The van der Waals surface area contributed by atoms with Gasteiger partial charge >= 0.3 is 12.1 Å². The Morgan fingerprint density at radius 1 is 1.26 bits per heavy atom. The number of hydrogen-bond donors (Lipinski definition) is 3. The summed E-state index contributed by atoms with van der Waals surface area (Å²) in [5.74, 6) is -1.45. The molecule has 3 N–H and O–H groups in total. The molecule has 1 unspecified atom stereocenters. The fourth-order valence-electron chi connectivity index (χ4n) is 1.28. The summed E-state index contributed by atoms with van der Waals surface area (Å²) in [6.45, 7) is 7.24. The van der Waals surface area contributed by atoms with Crippen LogP contribution in [0.2, 0.25) is 0 Å². The van der Waals surface area contributed by atoms with Gasteiger partial charge in [0.1, 0.15) is 11.6 Å². The first-order chi connectivity index (χ1) is 8.65. The Bertz CT molecular complexity index is 336. The lowest BCUT2D eigenvalue weighted by molar-refractivity contribution is -0.137. The van der Waals surface area contributed by atoms with Crippen LogP contribution in [0.25, 0.3) is 0 Å². The smallest absolute Gasteiger partial charge is 0.408 e. The zero-order chi connectivity index (χ0) is 15.1. The van der Waals surface area contributed by atoms with Gasteiger partial charge in [-0.3, -0.25) is 9.59 Å². The van der Waals surface area contributed by atoms with Crippen molar-refractivity contribution in [3.8, 4) is 0 Å². The molecule has 19 heavy (non-hydrogen) atoms. The molecule has 0 saturated carbocycles. The highest BCUT2D eigenvalue weighted by Gasteiger charge is 2.24. The van der Waals surface area contributed by atoms with Gasteiger partial charge in [-0.2, -0.15) is 0 Å². The molecule has 2 amide bonds. The molecule has 0 aliphatic heterocycles. The molecular formula is C12H22N2O5. The number of carboxylic acids is 1. The molecule has 0 spiro atoms. The van der Waals surface area contributed by atoms with Crippen molar-refractivity contribution in [2.24, 2.45) is 0 Å². The van der Waals surface area contributed by atoms with E-state index >= 15 is 0 Å². The zero-order valence-corrected chi connectivity index (χ0v) is 11.8. The molecular weight excluding hydrogens is 252 g/mol. The molecule has 0 aliphatic carbocycles. The van der Waals surface area contributed by atoms with Gasteiger partial charge < -0.3 is 20.5 Å². The van der Waals surface area contributed by atoms with Crippen molar-refractivity contribution >= 4 is 18.0 Å². The van der Waals surface area contributed by atoms with Crippen molar-refractivity contribution in [1.29, 1.82) is 0 Å². The van der Waals surface area contributed by atoms with E-state index in [1.165, 1.54) is 0 Å². The number of likely N-dealkylation sites (N-methyl/N-ethyl adjacent to an activating group) is 1. The van der Waals surface area contributed by atoms with E-state index in [4.69, 9.17) is 9.84 Å². The molecule has 0 rings (SSSR count). The third-order valence-electron chi connectivity index (χ3n) is 2.01. The Morgan fingerprint density at radius 2 is 1.84 bits per heavy atom. The second-order valence-electron chi connectivity index (χ2n) is 5.03. The summed E-state index contributed by atoms with van der Waals surface area (Å²) >= 11 is 0. The van der Waals surface area contributed by atoms with Crippen LogP contribution in [0.15, 0.2) is 0 Å². The summed E-state index contributed by atoms with van der Waals surface area (Å²) < 4.78 is 5.03. The van der Waals surface area contributed by atoms with E-state index in [-0.39, 0.29) is 12.8 Å². The predicted octanol–water partition coefficient (Wildman–Crippen LogP) is 0.881. The second kappa shape index (κ2) is 7.60. The van der Waals surface area contributed by atoms with Crippen LogP contribution in [0, 0.1) is 0 Å². The summed E-state index contributed by atoms with van der Waals surface area (Å²) in [6, 6.07) is -0.911.